The lowest BCUT2D eigenvalue weighted by atomic mass is 9.84. The van der Waals surface area contributed by atoms with E-state index in [4.69, 9.17) is 9.47 Å². The Morgan fingerprint density at radius 2 is 1.88 bits per heavy atom. The van der Waals surface area contributed by atoms with Crippen molar-refractivity contribution in [1.82, 2.24) is 0 Å². The second-order valence-electron chi connectivity index (χ2n) is 4.49. The third-order valence-corrected chi connectivity index (χ3v) is 3.40. The number of hydrogen-bond donors (Lipinski definition) is 0. The van der Waals surface area contributed by atoms with Crippen LogP contribution in [0.3, 0.4) is 0 Å². The van der Waals surface area contributed by atoms with Gasteiger partial charge in [0.1, 0.15) is 11.4 Å². The summed E-state index contributed by atoms with van der Waals surface area (Å²) in [6.07, 6.45) is 2.12. The summed E-state index contributed by atoms with van der Waals surface area (Å²) in [4.78, 5) is 12.0. The Balaban J connectivity index is 1.96. The van der Waals surface area contributed by atoms with Crippen LogP contribution in [-0.2, 0) is 4.74 Å². The maximum absolute atomic E-state index is 12.0. The number of para-hydroxylation sites is 1. The number of carbonyl (C=O) groups excluding carboxylic acids is 1. The van der Waals surface area contributed by atoms with Gasteiger partial charge in [0, 0.05) is 12.8 Å². The van der Waals surface area contributed by atoms with Gasteiger partial charge in [-0.1, -0.05) is 12.1 Å². The first kappa shape index (κ1) is 9.85. The van der Waals surface area contributed by atoms with Crippen LogP contribution in [0, 0.1) is 0 Å². The SMILES string of the molecule is O=C1CC2(CCOCC2)Oc2ccccc21. The summed E-state index contributed by atoms with van der Waals surface area (Å²) in [7, 11) is 0. The summed E-state index contributed by atoms with van der Waals surface area (Å²) in [5.41, 5.74) is 0.420. The number of benzene rings is 1. The van der Waals surface area contributed by atoms with Crippen LogP contribution >= 0.6 is 0 Å². The van der Waals surface area contributed by atoms with Crippen molar-refractivity contribution < 1.29 is 14.3 Å². The zero-order valence-electron chi connectivity index (χ0n) is 9.07. The van der Waals surface area contributed by atoms with Gasteiger partial charge in [-0.15, -0.1) is 0 Å². The molecule has 0 unspecified atom stereocenters. The average Bonchev–Trinajstić information content (AvgIpc) is 2.30. The van der Waals surface area contributed by atoms with E-state index in [1.165, 1.54) is 0 Å². The molecule has 0 aromatic heterocycles. The largest absolute Gasteiger partial charge is 0.486 e. The molecule has 3 nitrogen and oxygen atoms in total. The molecule has 84 valence electrons. The average molecular weight is 218 g/mol. The Bertz CT molecular complexity index is 419. The Labute approximate surface area is 94.4 Å². The van der Waals surface area contributed by atoms with Gasteiger partial charge in [-0.3, -0.25) is 4.79 Å². The quantitative estimate of drug-likeness (QED) is 0.669. The summed E-state index contributed by atoms with van der Waals surface area (Å²) in [5.74, 6) is 0.935. The van der Waals surface area contributed by atoms with Gasteiger partial charge >= 0.3 is 0 Å². The topological polar surface area (TPSA) is 35.5 Å². The monoisotopic (exact) mass is 218 g/mol. The molecule has 1 aromatic carbocycles. The summed E-state index contributed by atoms with van der Waals surface area (Å²) >= 11 is 0. The van der Waals surface area contributed by atoms with Crippen molar-refractivity contribution in [1.29, 1.82) is 0 Å². The van der Waals surface area contributed by atoms with E-state index >= 15 is 0 Å². The smallest absolute Gasteiger partial charge is 0.170 e. The first-order valence-corrected chi connectivity index (χ1v) is 5.68. The van der Waals surface area contributed by atoms with Crippen molar-refractivity contribution in [3.05, 3.63) is 29.8 Å². The molecule has 3 rings (SSSR count). The molecule has 1 fully saturated rings. The van der Waals surface area contributed by atoms with Gasteiger partial charge in [-0.2, -0.15) is 0 Å². The van der Waals surface area contributed by atoms with E-state index in [0.29, 0.717) is 19.6 Å². The molecular weight excluding hydrogens is 204 g/mol. The minimum Gasteiger partial charge on any atom is -0.486 e. The first-order valence-electron chi connectivity index (χ1n) is 5.68. The van der Waals surface area contributed by atoms with Crippen LogP contribution in [0.15, 0.2) is 24.3 Å². The number of ether oxygens (including phenoxy) is 2. The normalized spacial score (nSPS) is 22.6. The van der Waals surface area contributed by atoms with Gasteiger partial charge in [-0.05, 0) is 12.1 Å². The number of Topliss-reactive ketones (excluding diaryl/α,β-unsaturated/α-hetero) is 1. The molecule has 2 aliphatic rings. The fourth-order valence-corrected chi connectivity index (χ4v) is 2.47. The van der Waals surface area contributed by atoms with Crippen molar-refractivity contribution in [2.75, 3.05) is 13.2 Å². The Hall–Kier alpha value is -1.35. The molecule has 2 heterocycles. The number of rotatable bonds is 0. The second-order valence-corrected chi connectivity index (χ2v) is 4.49. The van der Waals surface area contributed by atoms with E-state index in [-0.39, 0.29) is 11.4 Å². The summed E-state index contributed by atoms with van der Waals surface area (Å²) < 4.78 is 11.4. The van der Waals surface area contributed by atoms with E-state index in [0.717, 1.165) is 24.2 Å². The van der Waals surface area contributed by atoms with Crippen LogP contribution in [0.5, 0.6) is 5.75 Å². The molecule has 0 aliphatic carbocycles. The zero-order valence-corrected chi connectivity index (χ0v) is 9.07. The van der Waals surface area contributed by atoms with Crippen LogP contribution in [0.1, 0.15) is 29.6 Å². The fourth-order valence-electron chi connectivity index (χ4n) is 2.47. The predicted molar refractivity (Wildman–Crippen MR) is 58.8 cm³/mol. The third kappa shape index (κ3) is 1.52. The van der Waals surface area contributed by atoms with Crippen LogP contribution in [0.4, 0.5) is 0 Å². The van der Waals surface area contributed by atoms with Crippen LogP contribution in [0.25, 0.3) is 0 Å². The van der Waals surface area contributed by atoms with Gasteiger partial charge in [0.25, 0.3) is 0 Å². The molecule has 0 bridgehead atoms. The van der Waals surface area contributed by atoms with Gasteiger partial charge in [-0.25, -0.2) is 0 Å². The van der Waals surface area contributed by atoms with Crippen molar-refractivity contribution in [3.63, 3.8) is 0 Å². The highest BCUT2D eigenvalue weighted by atomic mass is 16.5. The molecular formula is C13H14O3. The lowest BCUT2D eigenvalue weighted by Gasteiger charge is -2.40. The van der Waals surface area contributed by atoms with Crippen LogP contribution in [-0.4, -0.2) is 24.6 Å². The molecule has 1 aromatic rings. The molecule has 0 saturated carbocycles. The van der Waals surface area contributed by atoms with Gasteiger partial charge in [0.05, 0.1) is 25.2 Å². The number of carbonyl (C=O) groups is 1. The summed E-state index contributed by atoms with van der Waals surface area (Å²) in [5, 5.41) is 0. The van der Waals surface area contributed by atoms with Crippen molar-refractivity contribution in [2.45, 2.75) is 24.9 Å². The van der Waals surface area contributed by atoms with Crippen molar-refractivity contribution >= 4 is 5.78 Å². The maximum atomic E-state index is 12.0. The van der Waals surface area contributed by atoms with Crippen LogP contribution in [0.2, 0.25) is 0 Å². The van der Waals surface area contributed by atoms with Crippen LogP contribution < -0.4 is 4.74 Å². The van der Waals surface area contributed by atoms with E-state index in [1.807, 2.05) is 24.3 Å². The molecule has 1 saturated heterocycles. The molecule has 0 N–H and O–H groups in total. The lowest BCUT2D eigenvalue weighted by molar-refractivity contribution is -0.0504. The summed E-state index contributed by atoms with van der Waals surface area (Å²) in [6.45, 7) is 1.38. The van der Waals surface area contributed by atoms with E-state index in [9.17, 15) is 4.79 Å². The third-order valence-electron chi connectivity index (χ3n) is 3.40. The van der Waals surface area contributed by atoms with E-state index in [1.54, 1.807) is 0 Å². The zero-order chi connectivity index (χ0) is 11.0. The minimum atomic E-state index is -0.302. The standard InChI is InChI=1S/C13H14O3/c14-11-9-13(5-7-15-8-6-13)16-12-4-2-1-3-10(11)12/h1-4H,5-9H2. The lowest BCUT2D eigenvalue weighted by Crippen LogP contribution is -2.46. The van der Waals surface area contributed by atoms with Crippen molar-refractivity contribution in [2.24, 2.45) is 0 Å². The fraction of sp³-hybridized carbons (Fsp3) is 0.462. The maximum Gasteiger partial charge on any atom is 0.170 e. The molecule has 0 radical (unpaired) electrons. The number of hydrogen-bond acceptors (Lipinski definition) is 3. The first-order chi connectivity index (χ1) is 7.79. The highest BCUT2D eigenvalue weighted by Gasteiger charge is 2.41. The van der Waals surface area contributed by atoms with Crippen molar-refractivity contribution in [3.8, 4) is 5.75 Å². The molecule has 3 heteroatoms. The molecule has 1 spiro atoms. The molecule has 0 amide bonds. The Morgan fingerprint density at radius 1 is 1.12 bits per heavy atom. The second kappa shape index (κ2) is 3.59. The highest BCUT2D eigenvalue weighted by molar-refractivity contribution is 6.00. The minimum absolute atomic E-state index is 0.198. The Morgan fingerprint density at radius 3 is 2.69 bits per heavy atom. The molecule has 0 atom stereocenters. The van der Waals surface area contributed by atoms with E-state index < -0.39 is 0 Å². The highest BCUT2D eigenvalue weighted by Crippen LogP contribution is 2.38. The molecule has 16 heavy (non-hydrogen) atoms. The van der Waals surface area contributed by atoms with E-state index in [2.05, 4.69) is 0 Å². The number of ketones is 1. The van der Waals surface area contributed by atoms with Gasteiger partial charge in [0.15, 0.2) is 5.78 Å². The van der Waals surface area contributed by atoms with Gasteiger partial charge in [0.2, 0.25) is 0 Å². The van der Waals surface area contributed by atoms with Gasteiger partial charge < -0.3 is 9.47 Å². The predicted octanol–water partition coefficient (Wildman–Crippen LogP) is 2.20. The molecule has 2 aliphatic heterocycles. The number of fused-ring (bicyclic) bond motifs is 1. The Kier molecular flexibility index (Phi) is 2.21. The summed E-state index contributed by atoms with van der Waals surface area (Å²) in [6, 6.07) is 7.50.